The molecule has 0 saturated carbocycles. The summed E-state index contributed by atoms with van der Waals surface area (Å²) < 4.78 is 0.786. The summed E-state index contributed by atoms with van der Waals surface area (Å²) in [6.45, 7) is 0. The largest absolute Gasteiger partial charge is 0.473 e. The summed E-state index contributed by atoms with van der Waals surface area (Å²) >= 11 is 4.24. The Morgan fingerprint density at radius 1 is 1.18 bits per heavy atom. The van der Waals surface area contributed by atoms with E-state index in [2.05, 4.69) is 71.0 Å². The monoisotopic (exact) mass is 423 g/mol. The van der Waals surface area contributed by atoms with Crippen molar-refractivity contribution in [1.82, 2.24) is 5.32 Å². The lowest BCUT2D eigenvalue weighted by molar-refractivity contribution is -0.159. The van der Waals surface area contributed by atoms with Crippen molar-refractivity contribution in [3.63, 3.8) is 0 Å². The third-order valence-electron chi connectivity index (χ3n) is 4.01. The van der Waals surface area contributed by atoms with E-state index >= 15 is 0 Å². The zero-order chi connectivity index (χ0) is 20.6. The first-order valence-corrected chi connectivity index (χ1v) is 11.5. The molecular formula is C21H29NO4S2. The smallest absolute Gasteiger partial charge is 0.414 e. The minimum atomic E-state index is -1.82. The van der Waals surface area contributed by atoms with E-state index < -0.39 is 11.9 Å². The topological polar surface area (TPSA) is 86.6 Å². The van der Waals surface area contributed by atoms with E-state index in [0.29, 0.717) is 6.04 Å². The number of hydrogen-bond donors (Lipinski definition) is 3. The lowest BCUT2D eigenvalue weighted by Gasteiger charge is -2.19. The molecule has 1 atom stereocenters. The summed E-state index contributed by atoms with van der Waals surface area (Å²) in [5.74, 6) is 5.83. The van der Waals surface area contributed by atoms with E-state index in [-0.39, 0.29) is 0 Å². The molecule has 1 aliphatic rings. The summed E-state index contributed by atoms with van der Waals surface area (Å²) in [5.41, 5.74) is 1.43. The SMILES string of the molecule is CNC(C#CCCC1SCCCS1)CCCc1ccccc1.O=C(O)C(=O)O. The first-order chi connectivity index (χ1) is 13.5. The number of carbonyl (C=O) groups is 2. The van der Waals surface area contributed by atoms with Gasteiger partial charge in [0, 0.05) is 6.42 Å². The molecule has 7 heteroatoms. The maximum Gasteiger partial charge on any atom is 0.414 e. The number of carboxylic acid groups (broad SMARTS) is 2. The van der Waals surface area contributed by atoms with Crippen LogP contribution in [0.25, 0.3) is 0 Å². The van der Waals surface area contributed by atoms with E-state index in [0.717, 1.165) is 23.8 Å². The lowest BCUT2D eigenvalue weighted by atomic mass is 10.0. The van der Waals surface area contributed by atoms with E-state index in [1.54, 1.807) is 0 Å². The van der Waals surface area contributed by atoms with Gasteiger partial charge < -0.3 is 15.5 Å². The van der Waals surface area contributed by atoms with Crippen LogP contribution in [0.5, 0.6) is 0 Å². The molecule has 1 fully saturated rings. The van der Waals surface area contributed by atoms with Gasteiger partial charge in [-0.25, -0.2) is 9.59 Å². The maximum absolute atomic E-state index is 9.10. The lowest BCUT2D eigenvalue weighted by Crippen LogP contribution is -2.23. The van der Waals surface area contributed by atoms with Crippen molar-refractivity contribution >= 4 is 35.5 Å². The molecule has 1 aromatic rings. The number of aryl methyl sites for hydroxylation is 1. The molecule has 0 aliphatic carbocycles. The van der Waals surface area contributed by atoms with Gasteiger partial charge in [-0.05, 0) is 56.2 Å². The molecule has 28 heavy (non-hydrogen) atoms. The maximum atomic E-state index is 9.10. The van der Waals surface area contributed by atoms with Gasteiger partial charge in [0.25, 0.3) is 0 Å². The number of nitrogens with one attached hydrogen (secondary N) is 1. The van der Waals surface area contributed by atoms with E-state index in [1.807, 2.05) is 7.05 Å². The normalized spacial score (nSPS) is 14.8. The van der Waals surface area contributed by atoms with Crippen LogP contribution < -0.4 is 5.32 Å². The van der Waals surface area contributed by atoms with Crippen molar-refractivity contribution in [2.45, 2.75) is 49.1 Å². The highest BCUT2D eigenvalue weighted by Gasteiger charge is 2.13. The third-order valence-corrected chi connectivity index (χ3v) is 7.09. The molecule has 0 spiro atoms. The number of thioether (sulfide) groups is 2. The molecule has 0 bridgehead atoms. The van der Waals surface area contributed by atoms with Crippen LogP contribution in [0.3, 0.4) is 0 Å². The van der Waals surface area contributed by atoms with Crippen molar-refractivity contribution in [2.75, 3.05) is 18.6 Å². The highest BCUT2D eigenvalue weighted by Crippen LogP contribution is 2.33. The number of aliphatic carboxylic acids is 2. The quantitative estimate of drug-likeness (QED) is 0.455. The van der Waals surface area contributed by atoms with Gasteiger partial charge in [0.05, 0.1) is 10.6 Å². The average molecular weight is 424 g/mol. The molecule has 0 amide bonds. The molecule has 2 rings (SSSR count). The number of hydrogen-bond acceptors (Lipinski definition) is 5. The highest BCUT2D eigenvalue weighted by atomic mass is 32.2. The van der Waals surface area contributed by atoms with Crippen molar-refractivity contribution in [1.29, 1.82) is 0 Å². The van der Waals surface area contributed by atoms with Crippen LogP contribution >= 0.6 is 23.5 Å². The van der Waals surface area contributed by atoms with E-state index in [4.69, 9.17) is 19.8 Å². The second-order valence-electron chi connectivity index (χ2n) is 6.21. The van der Waals surface area contributed by atoms with Crippen molar-refractivity contribution in [2.24, 2.45) is 0 Å². The van der Waals surface area contributed by atoms with Crippen LogP contribution in [-0.2, 0) is 16.0 Å². The van der Waals surface area contributed by atoms with Gasteiger partial charge in [-0.1, -0.05) is 36.3 Å². The van der Waals surface area contributed by atoms with E-state index in [1.165, 1.54) is 36.3 Å². The van der Waals surface area contributed by atoms with Gasteiger partial charge in [0.15, 0.2) is 0 Å². The Labute approximate surface area is 176 Å². The summed E-state index contributed by atoms with van der Waals surface area (Å²) in [5, 5.41) is 18.1. The van der Waals surface area contributed by atoms with E-state index in [9.17, 15) is 0 Å². The zero-order valence-electron chi connectivity index (χ0n) is 16.2. The third kappa shape index (κ3) is 12.0. The zero-order valence-corrected chi connectivity index (χ0v) is 17.9. The van der Waals surface area contributed by atoms with Gasteiger partial charge in [-0.2, -0.15) is 0 Å². The molecule has 0 aromatic heterocycles. The fourth-order valence-electron chi connectivity index (χ4n) is 2.53. The summed E-state index contributed by atoms with van der Waals surface area (Å²) in [6, 6.07) is 11.1. The molecule has 1 unspecified atom stereocenters. The molecule has 0 radical (unpaired) electrons. The molecule has 154 valence electrons. The standard InChI is InChI=1S/C19H27NS2.C2H2O4/c1-20-18(13-7-11-17-9-3-2-4-10-17)12-5-6-14-19-21-15-8-16-22-19;3-1(4)2(5)6/h2-4,9-10,18-20H,6-8,11,13-16H2,1H3;(H,3,4)(H,5,6). The Balaban J connectivity index is 0.000000568. The minimum absolute atomic E-state index is 0.343. The Kier molecular flexibility index (Phi) is 13.4. The predicted octanol–water partition coefficient (Wildman–Crippen LogP) is 3.73. The highest BCUT2D eigenvalue weighted by molar-refractivity contribution is 8.17. The average Bonchev–Trinajstić information content (AvgIpc) is 2.71. The van der Waals surface area contributed by atoms with Gasteiger partial charge >= 0.3 is 11.9 Å². The molecule has 5 nitrogen and oxygen atoms in total. The Hall–Kier alpha value is -1.62. The minimum Gasteiger partial charge on any atom is -0.473 e. The summed E-state index contributed by atoms with van der Waals surface area (Å²) in [7, 11) is 2.02. The number of carboxylic acids is 2. The number of rotatable bonds is 7. The van der Waals surface area contributed by atoms with Crippen molar-refractivity contribution in [3.05, 3.63) is 35.9 Å². The molecule has 1 heterocycles. The van der Waals surface area contributed by atoms with Crippen molar-refractivity contribution in [3.8, 4) is 11.8 Å². The number of benzene rings is 1. The molecule has 1 saturated heterocycles. The van der Waals surface area contributed by atoms with Crippen LogP contribution in [0.1, 0.15) is 37.7 Å². The first kappa shape index (κ1) is 24.4. The van der Waals surface area contributed by atoms with Crippen LogP contribution in [-0.4, -0.2) is 51.3 Å². The second kappa shape index (κ2) is 15.3. The molecular weight excluding hydrogens is 394 g/mol. The Morgan fingerprint density at radius 3 is 2.39 bits per heavy atom. The predicted molar refractivity (Wildman–Crippen MR) is 118 cm³/mol. The molecule has 3 N–H and O–H groups in total. The first-order valence-electron chi connectivity index (χ1n) is 9.42. The van der Waals surface area contributed by atoms with Crippen molar-refractivity contribution < 1.29 is 19.8 Å². The molecule has 1 aliphatic heterocycles. The Morgan fingerprint density at radius 2 is 1.82 bits per heavy atom. The van der Waals surface area contributed by atoms with Gasteiger partial charge in [0.1, 0.15) is 0 Å². The Bertz CT molecular complexity index is 625. The van der Waals surface area contributed by atoms with Crippen LogP contribution in [0.2, 0.25) is 0 Å². The van der Waals surface area contributed by atoms with Crippen LogP contribution in [0, 0.1) is 11.8 Å². The fourth-order valence-corrected chi connectivity index (χ4v) is 5.39. The second-order valence-corrected chi connectivity index (χ2v) is 9.13. The van der Waals surface area contributed by atoms with Crippen LogP contribution in [0.15, 0.2) is 30.3 Å². The van der Waals surface area contributed by atoms with Crippen LogP contribution in [0.4, 0.5) is 0 Å². The molecule has 1 aromatic carbocycles. The summed E-state index contributed by atoms with van der Waals surface area (Å²) in [6.07, 6.45) is 7.13. The summed E-state index contributed by atoms with van der Waals surface area (Å²) in [4.78, 5) is 18.2. The van der Waals surface area contributed by atoms with Gasteiger partial charge in [0.2, 0.25) is 0 Å². The van der Waals surface area contributed by atoms with Gasteiger partial charge in [-0.3, -0.25) is 0 Å². The van der Waals surface area contributed by atoms with Gasteiger partial charge in [-0.15, -0.1) is 29.4 Å². The fraction of sp³-hybridized carbons (Fsp3) is 0.524.